The van der Waals surface area contributed by atoms with Gasteiger partial charge in [0.25, 0.3) is 5.56 Å². The fourth-order valence-corrected chi connectivity index (χ4v) is 3.30. The Morgan fingerprint density at radius 3 is 2.57 bits per heavy atom. The number of carbonyl (C=O) groups is 3. The first-order valence-corrected chi connectivity index (χ1v) is 11.6. The van der Waals surface area contributed by atoms with Gasteiger partial charge in [0, 0.05) is 19.3 Å². The number of aromatic nitrogens is 3. The Kier molecular flexibility index (Phi) is 10.0. The summed E-state index contributed by atoms with van der Waals surface area (Å²) in [5.74, 6) is -1.04. The van der Waals surface area contributed by atoms with Crippen LogP contribution in [0.5, 0.6) is 0 Å². The molecule has 2 aromatic heterocycles. The van der Waals surface area contributed by atoms with Crippen molar-refractivity contribution < 1.29 is 28.6 Å². The van der Waals surface area contributed by atoms with Crippen LogP contribution in [0.2, 0.25) is 0 Å². The second-order valence-electron chi connectivity index (χ2n) is 8.95. The van der Waals surface area contributed by atoms with E-state index in [1.165, 1.54) is 4.57 Å². The van der Waals surface area contributed by atoms with Crippen LogP contribution in [0.3, 0.4) is 0 Å². The van der Waals surface area contributed by atoms with Gasteiger partial charge in [0.15, 0.2) is 11.5 Å². The molecule has 0 aliphatic carbocycles. The molecular weight excluding hydrogens is 478 g/mol. The topological polar surface area (TPSA) is 146 Å². The van der Waals surface area contributed by atoms with Crippen LogP contribution in [0, 0.1) is 4.77 Å². The molecule has 12 nitrogen and oxygen atoms in total. The van der Waals surface area contributed by atoms with E-state index in [4.69, 9.17) is 26.4 Å². The van der Waals surface area contributed by atoms with E-state index in [1.54, 1.807) is 37.6 Å². The van der Waals surface area contributed by atoms with Crippen molar-refractivity contribution in [3.63, 3.8) is 0 Å². The first-order chi connectivity index (χ1) is 16.4. The van der Waals surface area contributed by atoms with Crippen LogP contribution in [0.25, 0.3) is 11.0 Å². The summed E-state index contributed by atoms with van der Waals surface area (Å²) in [5, 5.41) is 4.83. The Morgan fingerprint density at radius 2 is 1.91 bits per heavy atom. The Labute approximate surface area is 207 Å². The normalized spacial score (nSPS) is 11.5. The number of amides is 2. The zero-order valence-corrected chi connectivity index (χ0v) is 21.5. The molecule has 0 fully saturated rings. The fourth-order valence-electron chi connectivity index (χ4n) is 3.02. The van der Waals surface area contributed by atoms with E-state index >= 15 is 0 Å². The van der Waals surface area contributed by atoms with Gasteiger partial charge < -0.3 is 34.0 Å². The summed E-state index contributed by atoms with van der Waals surface area (Å²) in [6.45, 7) is 9.43. The van der Waals surface area contributed by atoms with Crippen molar-refractivity contribution in [2.24, 2.45) is 0 Å². The van der Waals surface area contributed by atoms with Crippen LogP contribution < -0.4 is 16.2 Å². The van der Waals surface area contributed by atoms with E-state index in [0.717, 1.165) is 0 Å². The molecule has 0 unspecified atom stereocenters. The van der Waals surface area contributed by atoms with E-state index in [2.05, 4.69) is 15.6 Å². The SMILES string of the molecule is CC(C)OCCn1c(=S)[nH]c(=O)c2c1ccn2COC(=O)CCNC(=O)CNC(=O)OC(C)(C)C. The van der Waals surface area contributed by atoms with Crippen molar-refractivity contribution in [3.05, 3.63) is 27.4 Å². The number of alkyl carbamates (subject to hydrolysis) is 1. The molecule has 194 valence electrons. The predicted octanol–water partition coefficient (Wildman–Crippen LogP) is 1.82. The molecule has 2 rings (SSSR count). The van der Waals surface area contributed by atoms with Gasteiger partial charge in [0.2, 0.25) is 5.91 Å². The van der Waals surface area contributed by atoms with Crippen LogP contribution in [-0.4, -0.2) is 63.5 Å². The van der Waals surface area contributed by atoms with Gasteiger partial charge in [-0.3, -0.25) is 19.4 Å². The van der Waals surface area contributed by atoms with Crippen molar-refractivity contribution >= 4 is 41.2 Å². The molecule has 0 aromatic carbocycles. The third-order valence-corrected chi connectivity index (χ3v) is 4.81. The standard InChI is InChI=1S/C22H33N5O7S/c1-14(2)32-11-10-27-15-7-9-26(18(15)19(30)25-20(27)35)13-33-17(29)6-8-23-16(28)12-24-21(31)34-22(3,4)5/h7,9,14H,6,8,10-13H2,1-5H3,(H,23,28)(H,24,31)(H,25,30,35). The molecule has 0 aliphatic rings. The number of aromatic amines is 1. The summed E-state index contributed by atoms with van der Waals surface area (Å²) in [4.78, 5) is 50.5. The zero-order chi connectivity index (χ0) is 26.2. The Balaban J connectivity index is 1.85. The van der Waals surface area contributed by atoms with Crippen molar-refractivity contribution in [2.75, 3.05) is 19.7 Å². The molecule has 35 heavy (non-hydrogen) atoms. The Bertz CT molecular complexity index is 1160. The number of fused-ring (bicyclic) bond motifs is 1. The van der Waals surface area contributed by atoms with Gasteiger partial charge in [0.05, 0.1) is 31.2 Å². The fraction of sp³-hybridized carbons (Fsp3) is 0.591. The molecule has 0 saturated carbocycles. The first kappa shape index (κ1) is 28.1. The number of carbonyl (C=O) groups excluding carboxylic acids is 3. The van der Waals surface area contributed by atoms with Gasteiger partial charge >= 0.3 is 12.1 Å². The lowest BCUT2D eigenvalue weighted by atomic mass is 10.2. The highest BCUT2D eigenvalue weighted by Gasteiger charge is 2.17. The van der Waals surface area contributed by atoms with E-state index in [1.807, 2.05) is 13.8 Å². The van der Waals surface area contributed by atoms with Gasteiger partial charge in [-0.15, -0.1) is 0 Å². The smallest absolute Gasteiger partial charge is 0.408 e. The van der Waals surface area contributed by atoms with Crippen LogP contribution in [0.4, 0.5) is 4.79 Å². The monoisotopic (exact) mass is 511 g/mol. The summed E-state index contributed by atoms with van der Waals surface area (Å²) in [6.07, 6.45) is 0.901. The number of rotatable bonds is 11. The van der Waals surface area contributed by atoms with Gasteiger partial charge in [-0.05, 0) is 52.9 Å². The van der Waals surface area contributed by atoms with E-state index in [9.17, 15) is 19.2 Å². The maximum absolute atomic E-state index is 12.5. The van der Waals surface area contributed by atoms with Crippen LogP contribution >= 0.6 is 12.2 Å². The van der Waals surface area contributed by atoms with E-state index < -0.39 is 29.1 Å². The van der Waals surface area contributed by atoms with E-state index in [0.29, 0.717) is 24.2 Å². The molecule has 3 N–H and O–H groups in total. The molecule has 0 atom stereocenters. The van der Waals surface area contributed by atoms with Gasteiger partial charge in [-0.1, -0.05) is 0 Å². The minimum absolute atomic E-state index is 0.0236. The Morgan fingerprint density at radius 1 is 1.20 bits per heavy atom. The summed E-state index contributed by atoms with van der Waals surface area (Å²) in [7, 11) is 0. The number of nitrogens with zero attached hydrogens (tertiary/aromatic N) is 2. The van der Waals surface area contributed by atoms with Crippen molar-refractivity contribution in [1.29, 1.82) is 0 Å². The summed E-state index contributed by atoms with van der Waals surface area (Å²) >= 11 is 5.28. The van der Waals surface area contributed by atoms with Crippen molar-refractivity contribution in [1.82, 2.24) is 24.8 Å². The maximum Gasteiger partial charge on any atom is 0.408 e. The largest absolute Gasteiger partial charge is 0.444 e. The average molecular weight is 512 g/mol. The van der Waals surface area contributed by atoms with Crippen LogP contribution in [0.1, 0.15) is 41.0 Å². The summed E-state index contributed by atoms with van der Waals surface area (Å²) in [5.41, 5.74) is -0.141. The molecule has 2 amide bonds. The minimum atomic E-state index is -0.710. The highest BCUT2D eigenvalue weighted by atomic mass is 32.1. The Hall–Kier alpha value is -3.19. The molecule has 2 aromatic rings. The van der Waals surface area contributed by atoms with Gasteiger partial charge in [0.1, 0.15) is 11.1 Å². The predicted molar refractivity (Wildman–Crippen MR) is 130 cm³/mol. The first-order valence-electron chi connectivity index (χ1n) is 11.2. The number of ether oxygens (including phenoxy) is 3. The van der Waals surface area contributed by atoms with Crippen LogP contribution in [0.15, 0.2) is 17.1 Å². The number of hydrogen-bond donors (Lipinski definition) is 3. The third-order valence-electron chi connectivity index (χ3n) is 4.49. The molecule has 13 heteroatoms. The number of H-pyrrole nitrogens is 1. The molecule has 0 spiro atoms. The highest BCUT2D eigenvalue weighted by molar-refractivity contribution is 7.71. The molecule has 2 heterocycles. The minimum Gasteiger partial charge on any atom is -0.444 e. The number of hydrogen-bond acceptors (Lipinski definition) is 8. The van der Waals surface area contributed by atoms with Crippen LogP contribution in [-0.2, 0) is 37.1 Å². The van der Waals surface area contributed by atoms with Gasteiger partial charge in [-0.25, -0.2) is 4.79 Å². The van der Waals surface area contributed by atoms with Crippen molar-refractivity contribution in [3.8, 4) is 0 Å². The third kappa shape index (κ3) is 9.17. The quantitative estimate of drug-likeness (QED) is 0.306. The number of nitrogens with one attached hydrogen (secondary N) is 3. The lowest BCUT2D eigenvalue weighted by molar-refractivity contribution is -0.147. The molecule has 0 saturated heterocycles. The average Bonchev–Trinajstić information content (AvgIpc) is 3.16. The molecule has 0 aliphatic heterocycles. The molecule has 0 bridgehead atoms. The summed E-state index contributed by atoms with van der Waals surface area (Å²) in [6, 6.07) is 1.72. The second-order valence-corrected chi connectivity index (χ2v) is 9.34. The molecule has 0 radical (unpaired) electrons. The lowest BCUT2D eigenvalue weighted by Gasteiger charge is -2.19. The van der Waals surface area contributed by atoms with E-state index in [-0.39, 0.29) is 37.1 Å². The van der Waals surface area contributed by atoms with Gasteiger partial charge in [-0.2, -0.15) is 0 Å². The summed E-state index contributed by atoms with van der Waals surface area (Å²) < 4.78 is 19.4. The number of esters is 1. The maximum atomic E-state index is 12.5. The lowest BCUT2D eigenvalue weighted by Crippen LogP contribution is -2.40. The highest BCUT2D eigenvalue weighted by Crippen LogP contribution is 2.13. The second kappa shape index (κ2) is 12.5. The van der Waals surface area contributed by atoms with Crippen molar-refractivity contribution in [2.45, 2.75) is 66.0 Å². The zero-order valence-electron chi connectivity index (χ0n) is 20.6. The molecular formula is C22H33N5O7S.